The number of esters is 1. The number of thiophene rings is 1. The summed E-state index contributed by atoms with van der Waals surface area (Å²) in [5.41, 5.74) is 3.75. The molecule has 2 aromatic carbocycles. The molecule has 4 rings (SSSR count). The van der Waals surface area contributed by atoms with E-state index >= 15 is 0 Å². The summed E-state index contributed by atoms with van der Waals surface area (Å²) < 4.78 is 5.33. The van der Waals surface area contributed by atoms with Crippen LogP contribution in [0.25, 0.3) is 0 Å². The van der Waals surface area contributed by atoms with Gasteiger partial charge < -0.3 is 20.7 Å². The molecule has 0 saturated carbocycles. The van der Waals surface area contributed by atoms with Gasteiger partial charge in [0.15, 0.2) is 10.9 Å². The van der Waals surface area contributed by atoms with Crippen LogP contribution in [0.3, 0.4) is 0 Å². The van der Waals surface area contributed by atoms with Crippen LogP contribution in [0.15, 0.2) is 53.4 Å². The number of amides is 1. The molecule has 1 heterocycles. The summed E-state index contributed by atoms with van der Waals surface area (Å²) in [4.78, 5) is 39.7. The Labute approximate surface area is 248 Å². The van der Waals surface area contributed by atoms with Crippen molar-refractivity contribution < 1.29 is 19.1 Å². The second kappa shape index (κ2) is 13.9. The van der Waals surface area contributed by atoms with Crippen molar-refractivity contribution in [3.63, 3.8) is 0 Å². The standard InChI is InChI=1S/C30H33N3O4S3/c1-4-24(27(35)33-28-26(29(36)37-5-2)23-11-6-7-12-25(23)40-28)39-22-10-8-9-21(17-22)32-30(38)31-20-15-13-19(14-16-20)18(3)34/h8-10,13-17,24H,4-7,11-12H2,1-3H3,(H,33,35)(H2,31,32,38). The van der Waals surface area contributed by atoms with Crippen LogP contribution < -0.4 is 16.0 Å². The number of ketones is 1. The molecule has 1 unspecified atom stereocenters. The van der Waals surface area contributed by atoms with E-state index in [9.17, 15) is 14.4 Å². The Morgan fingerprint density at radius 2 is 1.73 bits per heavy atom. The Balaban J connectivity index is 1.41. The highest BCUT2D eigenvalue weighted by molar-refractivity contribution is 8.00. The van der Waals surface area contributed by atoms with Crippen LogP contribution in [-0.2, 0) is 22.4 Å². The van der Waals surface area contributed by atoms with Crippen LogP contribution >= 0.6 is 35.3 Å². The molecule has 0 fully saturated rings. The van der Waals surface area contributed by atoms with Crippen LogP contribution in [0.5, 0.6) is 0 Å². The van der Waals surface area contributed by atoms with E-state index in [-0.39, 0.29) is 22.9 Å². The number of thiocarbonyl (C=S) groups is 1. The molecule has 0 aliphatic heterocycles. The first kappa shape index (κ1) is 29.8. The van der Waals surface area contributed by atoms with E-state index in [2.05, 4.69) is 16.0 Å². The third kappa shape index (κ3) is 7.50. The fourth-order valence-electron chi connectivity index (χ4n) is 4.48. The first-order valence-electron chi connectivity index (χ1n) is 13.4. The minimum atomic E-state index is -0.365. The van der Waals surface area contributed by atoms with Crippen molar-refractivity contribution in [1.82, 2.24) is 0 Å². The number of hydrogen-bond acceptors (Lipinski definition) is 7. The number of hydrogen-bond donors (Lipinski definition) is 3. The SMILES string of the molecule is CCOC(=O)c1c(NC(=O)C(CC)Sc2cccc(NC(=S)Nc3ccc(C(C)=O)cc3)c2)sc2c1CCCC2. The average molecular weight is 596 g/mol. The van der Waals surface area contributed by atoms with Gasteiger partial charge in [-0.25, -0.2) is 4.79 Å². The molecule has 40 heavy (non-hydrogen) atoms. The van der Waals surface area contributed by atoms with E-state index in [0.717, 1.165) is 47.5 Å². The monoisotopic (exact) mass is 595 g/mol. The van der Waals surface area contributed by atoms with Crippen LogP contribution in [0.4, 0.5) is 16.4 Å². The minimum absolute atomic E-state index is 0.00887. The lowest BCUT2D eigenvalue weighted by Gasteiger charge is -2.16. The molecule has 10 heteroatoms. The molecule has 1 atom stereocenters. The Kier molecular flexibility index (Phi) is 10.4. The molecule has 0 spiro atoms. The molecule has 3 N–H and O–H groups in total. The zero-order chi connectivity index (χ0) is 28.6. The predicted molar refractivity (Wildman–Crippen MR) is 168 cm³/mol. The van der Waals surface area contributed by atoms with Crippen molar-refractivity contribution in [3.05, 3.63) is 70.1 Å². The molecule has 1 aromatic heterocycles. The number of ether oxygens (including phenoxy) is 1. The highest BCUT2D eigenvalue weighted by Crippen LogP contribution is 2.39. The highest BCUT2D eigenvalue weighted by Gasteiger charge is 2.29. The van der Waals surface area contributed by atoms with Gasteiger partial charge in [-0.15, -0.1) is 23.1 Å². The highest BCUT2D eigenvalue weighted by atomic mass is 32.2. The number of thioether (sulfide) groups is 1. The van der Waals surface area contributed by atoms with Crippen molar-refractivity contribution in [2.75, 3.05) is 22.6 Å². The lowest BCUT2D eigenvalue weighted by atomic mass is 9.95. The van der Waals surface area contributed by atoms with E-state index in [1.807, 2.05) is 31.2 Å². The second-order valence-corrected chi connectivity index (χ2v) is 12.2. The van der Waals surface area contributed by atoms with Gasteiger partial charge in [0, 0.05) is 26.7 Å². The molecule has 3 aromatic rings. The Morgan fingerprint density at radius 3 is 2.42 bits per heavy atom. The molecule has 1 aliphatic carbocycles. The van der Waals surface area contributed by atoms with E-state index in [0.29, 0.717) is 34.3 Å². The van der Waals surface area contributed by atoms with Gasteiger partial charge in [0.05, 0.1) is 17.4 Å². The van der Waals surface area contributed by atoms with Gasteiger partial charge in [0.1, 0.15) is 5.00 Å². The van der Waals surface area contributed by atoms with Crippen LogP contribution in [-0.4, -0.2) is 34.6 Å². The van der Waals surface area contributed by atoms with Gasteiger partial charge in [0.25, 0.3) is 0 Å². The fourth-order valence-corrected chi connectivity index (χ4v) is 7.01. The quantitative estimate of drug-likeness (QED) is 0.0971. The van der Waals surface area contributed by atoms with E-state index in [1.54, 1.807) is 31.2 Å². The maximum Gasteiger partial charge on any atom is 0.341 e. The zero-order valence-corrected chi connectivity index (χ0v) is 25.2. The number of aryl methyl sites for hydroxylation is 1. The number of fused-ring (bicyclic) bond motifs is 1. The second-order valence-electron chi connectivity index (χ2n) is 9.38. The van der Waals surface area contributed by atoms with E-state index in [4.69, 9.17) is 17.0 Å². The van der Waals surface area contributed by atoms with Crippen LogP contribution in [0, 0.1) is 0 Å². The summed E-state index contributed by atoms with van der Waals surface area (Å²) in [5.74, 6) is -0.494. The largest absolute Gasteiger partial charge is 0.462 e. The number of nitrogens with one attached hydrogen (secondary N) is 3. The minimum Gasteiger partial charge on any atom is -0.462 e. The molecule has 7 nitrogen and oxygen atoms in total. The number of rotatable bonds is 10. The Morgan fingerprint density at radius 1 is 1.00 bits per heavy atom. The maximum atomic E-state index is 13.4. The molecular formula is C30H33N3O4S3. The third-order valence-corrected chi connectivity index (χ3v) is 9.24. The smallest absolute Gasteiger partial charge is 0.341 e. The van der Waals surface area contributed by atoms with Gasteiger partial charge in [-0.1, -0.05) is 13.0 Å². The summed E-state index contributed by atoms with van der Waals surface area (Å²) in [6, 6.07) is 14.8. The van der Waals surface area contributed by atoms with Crippen LogP contribution in [0.2, 0.25) is 0 Å². The van der Waals surface area contributed by atoms with Gasteiger partial charge in [-0.3, -0.25) is 9.59 Å². The van der Waals surface area contributed by atoms with Gasteiger partial charge in [0.2, 0.25) is 5.91 Å². The van der Waals surface area contributed by atoms with E-state index in [1.165, 1.54) is 34.9 Å². The number of anilines is 3. The van der Waals surface area contributed by atoms with Gasteiger partial charge in [-0.05, 0) is 106 Å². The molecule has 1 amide bonds. The molecule has 0 radical (unpaired) electrons. The molecule has 1 aliphatic rings. The summed E-state index contributed by atoms with van der Waals surface area (Å²) in [7, 11) is 0. The number of carbonyl (C=O) groups is 3. The van der Waals surface area contributed by atoms with Crippen molar-refractivity contribution in [2.24, 2.45) is 0 Å². The van der Waals surface area contributed by atoms with Gasteiger partial charge in [-0.2, -0.15) is 0 Å². The lowest BCUT2D eigenvalue weighted by Crippen LogP contribution is -2.25. The van der Waals surface area contributed by atoms with Crippen molar-refractivity contribution >= 4 is 74.5 Å². The Bertz CT molecular complexity index is 1400. The summed E-state index contributed by atoms with van der Waals surface area (Å²) in [6.45, 7) is 5.58. The number of benzene rings is 2. The first-order chi connectivity index (χ1) is 19.3. The molecular weight excluding hydrogens is 563 g/mol. The Hall–Kier alpha value is -3.21. The molecule has 0 bridgehead atoms. The van der Waals surface area contributed by atoms with Crippen molar-refractivity contribution in [2.45, 2.75) is 63.0 Å². The maximum absolute atomic E-state index is 13.4. The summed E-state index contributed by atoms with van der Waals surface area (Å²) in [5, 5.41) is 10.0. The fraction of sp³-hybridized carbons (Fsp3) is 0.333. The predicted octanol–water partition coefficient (Wildman–Crippen LogP) is 7.32. The van der Waals surface area contributed by atoms with Crippen LogP contribution in [0.1, 0.15) is 71.2 Å². The zero-order valence-electron chi connectivity index (χ0n) is 22.8. The number of Topliss-reactive ketones (excluding diaryl/α,β-unsaturated/α-hetero) is 1. The average Bonchev–Trinajstić information content (AvgIpc) is 3.30. The van der Waals surface area contributed by atoms with Crippen molar-refractivity contribution in [3.8, 4) is 0 Å². The topological polar surface area (TPSA) is 96.5 Å². The molecule has 210 valence electrons. The summed E-state index contributed by atoms with van der Waals surface area (Å²) in [6.07, 6.45) is 4.50. The van der Waals surface area contributed by atoms with Crippen molar-refractivity contribution in [1.29, 1.82) is 0 Å². The lowest BCUT2D eigenvalue weighted by molar-refractivity contribution is -0.115. The third-order valence-electron chi connectivity index (χ3n) is 6.47. The normalized spacial score (nSPS) is 13.1. The molecule has 0 saturated heterocycles. The number of carbonyl (C=O) groups excluding carboxylic acids is 3. The van der Waals surface area contributed by atoms with Gasteiger partial charge >= 0.3 is 5.97 Å². The first-order valence-corrected chi connectivity index (χ1v) is 15.5. The van der Waals surface area contributed by atoms with E-state index < -0.39 is 0 Å². The summed E-state index contributed by atoms with van der Waals surface area (Å²) >= 11 is 8.43.